The molecule has 1 aromatic rings. The molecule has 5 aliphatic rings. The Labute approximate surface area is 215 Å². The van der Waals surface area contributed by atoms with E-state index >= 15 is 0 Å². The summed E-state index contributed by atoms with van der Waals surface area (Å²) in [7, 11) is 0. The van der Waals surface area contributed by atoms with E-state index < -0.39 is 75.7 Å². The summed E-state index contributed by atoms with van der Waals surface area (Å²) in [6, 6.07) is 1.75. The Kier molecular flexibility index (Phi) is 4.84. The van der Waals surface area contributed by atoms with E-state index in [-0.39, 0.29) is 5.92 Å². The normalized spacial score (nSPS) is 49.3. The summed E-state index contributed by atoms with van der Waals surface area (Å²) in [5, 5.41) is 12.1. The molecule has 4 fully saturated rings. The topological polar surface area (TPSA) is 125 Å². The van der Waals surface area contributed by atoms with Crippen LogP contribution in [-0.4, -0.2) is 52.5 Å². The summed E-state index contributed by atoms with van der Waals surface area (Å²) < 4.78 is 29.5. The Hall–Kier alpha value is -2.65. The van der Waals surface area contributed by atoms with Crippen molar-refractivity contribution in [2.75, 3.05) is 0 Å². The van der Waals surface area contributed by atoms with Crippen molar-refractivity contribution in [3.63, 3.8) is 0 Å². The molecule has 0 radical (unpaired) electrons. The lowest BCUT2D eigenvalue weighted by atomic mass is 9.36. The van der Waals surface area contributed by atoms with E-state index in [2.05, 4.69) is 0 Å². The van der Waals surface area contributed by atoms with Crippen molar-refractivity contribution in [3.8, 4) is 0 Å². The van der Waals surface area contributed by atoms with Gasteiger partial charge in [-0.3, -0.25) is 4.79 Å². The van der Waals surface area contributed by atoms with Crippen molar-refractivity contribution >= 4 is 17.9 Å². The van der Waals surface area contributed by atoms with Gasteiger partial charge in [-0.2, -0.15) is 0 Å². The third kappa shape index (κ3) is 2.84. The number of allylic oxidation sites excluding steroid dienone is 1. The number of carbonyl (C=O) groups is 3. The summed E-state index contributed by atoms with van der Waals surface area (Å²) in [4.78, 5) is 38.3. The van der Waals surface area contributed by atoms with Crippen LogP contribution in [0.3, 0.4) is 0 Å². The van der Waals surface area contributed by atoms with Crippen molar-refractivity contribution < 1.29 is 42.9 Å². The van der Waals surface area contributed by atoms with Gasteiger partial charge in [-0.1, -0.05) is 26.8 Å². The van der Waals surface area contributed by atoms with Crippen LogP contribution >= 0.6 is 0 Å². The van der Waals surface area contributed by atoms with E-state index in [4.69, 9.17) is 23.4 Å². The van der Waals surface area contributed by atoms with Gasteiger partial charge in [-0.25, -0.2) is 9.59 Å². The number of aliphatic hydroxyl groups excluding tert-OH is 1. The first-order chi connectivity index (χ1) is 17.2. The maximum absolute atomic E-state index is 13.3. The summed E-state index contributed by atoms with van der Waals surface area (Å²) in [6.07, 6.45) is 3.79. The van der Waals surface area contributed by atoms with Gasteiger partial charge in [0.2, 0.25) is 0 Å². The molecular weight excluding hydrogens is 480 g/mol. The van der Waals surface area contributed by atoms with Crippen LogP contribution in [0.1, 0.15) is 66.1 Å². The van der Waals surface area contributed by atoms with Crippen LogP contribution in [0, 0.1) is 28.1 Å². The molecule has 2 saturated heterocycles. The van der Waals surface area contributed by atoms with Crippen molar-refractivity contribution in [1.29, 1.82) is 0 Å². The molecule has 10 unspecified atom stereocenters. The van der Waals surface area contributed by atoms with Crippen LogP contribution in [0.15, 0.2) is 35.2 Å². The van der Waals surface area contributed by atoms with E-state index in [0.29, 0.717) is 18.4 Å². The molecule has 6 rings (SSSR count). The fourth-order valence-corrected chi connectivity index (χ4v) is 9.23. The number of rotatable bonds is 2. The number of esters is 3. The number of fused-ring (bicyclic) bond motifs is 3. The van der Waals surface area contributed by atoms with Gasteiger partial charge in [0, 0.05) is 41.2 Å². The van der Waals surface area contributed by atoms with Gasteiger partial charge in [0.1, 0.15) is 23.4 Å². The molecule has 1 aromatic heterocycles. The Morgan fingerprint density at radius 3 is 2.51 bits per heavy atom. The van der Waals surface area contributed by atoms with Crippen LogP contribution in [0.4, 0.5) is 0 Å². The zero-order valence-electron chi connectivity index (χ0n) is 22.0. The fourth-order valence-electron chi connectivity index (χ4n) is 9.23. The monoisotopic (exact) mass is 514 g/mol. The average molecular weight is 515 g/mol. The molecule has 2 aliphatic carbocycles. The molecule has 0 amide bonds. The van der Waals surface area contributed by atoms with Crippen molar-refractivity contribution in [1.82, 2.24) is 0 Å². The number of epoxide rings is 1. The third-order valence-electron chi connectivity index (χ3n) is 10.5. The summed E-state index contributed by atoms with van der Waals surface area (Å²) in [5.41, 5.74) is -3.92. The molecule has 2 saturated carbocycles. The van der Waals surface area contributed by atoms with Crippen molar-refractivity contribution in [3.05, 3.63) is 36.3 Å². The van der Waals surface area contributed by atoms with Gasteiger partial charge >= 0.3 is 17.9 Å². The predicted molar refractivity (Wildman–Crippen MR) is 127 cm³/mol. The standard InChI is InChI=1S/C28H34O9/c1-14(29)34-16-12-26(5)21(15-8-10-33-13-15)35-23(32)22-28(26,37-22)27(6)18(30)11-17-24(2,3)36-19(31)7-9-25(17,4)20(16)27/h7-10,13,16-18,20-22,30H,11-12H2,1-6H3. The average Bonchev–Trinajstić information content (AvgIpc) is 3.39. The van der Waals surface area contributed by atoms with Gasteiger partial charge in [0.25, 0.3) is 0 Å². The van der Waals surface area contributed by atoms with E-state index in [9.17, 15) is 19.5 Å². The van der Waals surface area contributed by atoms with E-state index in [1.165, 1.54) is 19.3 Å². The SMILES string of the molecule is CC(=O)OC1CC2(C)C(c3ccoc3)OC(=O)C3OC32C2(C)C(O)CC3C(C)(C)OC(=O)C=CC3(C)C12. The molecule has 37 heavy (non-hydrogen) atoms. The zero-order chi connectivity index (χ0) is 26.8. The lowest BCUT2D eigenvalue weighted by Crippen LogP contribution is -2.75. The molecule has 1 spiro atoms. The number of carbonyl (C=O) groups excluding carboxylic acids is 3. The minimum absolute atomic E-state index is 0.285. The summed E-state index contributed by atoms with van der Waals surface area (Å²) in [6.45, 7) is 11.0. The molecule has 3 aliphatic heterocycles. The summed E-state index contributed by atoms with van der Waals surface area (Å²) in [5.74, 6) is -2.16. The number of hydrogen-bond donors (Lipinski definition) is 1. The minimum Gasteiger partial charge on any atom is -0.472 e. The second-order valence-corrected chi connectivity index (χ2v) is 12.7. The van der Waals surface area contributed by atoms with Gasteiger partial charge < -0.3 is 28.5 Å². The first-order valence-corrected chi connectivity index (χ1v) is 12.9. The molecule has 1 N–H and O–H groups in total. The lowest BCUT2D eigenvalue weighted by Gasteiger charge is -2.68. The maximum Gasteiger partial charge on any atom is 0.339 e. The minimum atomic E-state index is -1.08. The molecule has 0 bridgehead atoms. The third-order valence-corrected chi connectivity index (χ3v) is 10.5. The molecule has 200 valence electrons. The van der Waals surface area contributed by atoms with Gasteiger partial charge in [-0.15, -0.1) is 0 Å². The molecule has 9 heteroatoms. The molecular formula is C28H34O9. The Morgan fingerprint density at radius 2 is 1.86 bits per heavy atom. The van der Waals surface area contributed by atoms with Crippen LogP contribution in [0.2, 0.25) is 0 Å². The zero-order valence-corrected chi connectivity index (χ0v) is 22.0. The highest BCUT2D eigenvalue weighted by Crippen LogP contribution is 2.79. The maximum atomic E-state index is 13.3. The Bertz CT molecular complexity index is 1200. The van der Waals surface area contributed by atoms with E-state index in [0.717, 1.165) is 0 Å². The number of cyclic esters (lactones) is 2. The predicted octanol–water partition coefficient (Wildman–Crippen LogP) is 3.26. The van der Waals surface area contributed by atoms with Crippen LogP contribution in [-0.2, 0) is 33.3 Å². The van der Waals surface area contributed by atoms with Crippen molar-refractivity contribution in [2.45, 2.75) is 90.0 Å². The van der Waals surface area contributed by atoms with Crippen LogP contribution in [0.5, 0.6) is 0 Å². The number of ether oxygens (including phenoxy) is 4. The molecule has 4 heterocycles. The van der Waals surface area contributed by atoms with E-state index in [1.54, 1.807) is 12.3 Å². The van der Waals surface area contributed by atoms with Crippen molar-refractivity contribution in [2.24, 2.45) is 28.1 Å². The van der Waals surface area contributed by atoms with E-state index in [1.807, 2.05) is 40.7 Å². The largest absolute Gasteiger partial charge is 0.472 e. The van der Waals surface area contributed by atoms with Gasteiger partial charge in [-0.05, 0) is 38.2 Å². The number of furan rings is 1. The highest BCUT2D eigenvalue weighted by Gasteiger charge is 2.89. The second-order valence-electron chi connectivity index (χ2n) is 12.7. The second kappa shape index (κ2) is 7.26. The molecule has 9 nitrogen and oxygen atoms in total. The number of hydrogen-bond acceptors (Lipinski definition) is 9. The van der Waals surface area contributed by atoms with Crippen LogP contribution in [0.25, 0.3) is 0 Å². The first kappa shape index (κ1) is 24.7. The van der Waals surface area contributed by atoms with Gasteiger partial charge in [0.05, 0.1) is 18.6 Å². The first-order valence-electron chi connectivity index (χ1n) is 12.9. The number of aliphatic hydroxyl groups is 1. The highest BCUT2D eigenvalue weighted by molar-refractivity contribution is 5.83. The Balaban J connectivity index is 1.59. The van der Waals surface area contributed by atoms with Crippen LogP contribution < -0.4 is 0 Å². The molecule has 10 atom stereocenters. The highest BCUT2D eigenvalue weighted by atomic mass is 16.7. The lowest BCUT2D eigenvalue weighted by molar-refractivity contribution is -0.281. The quantitative estimate of drug-likeness (QED) is 0.360. The fraction of sp³-hybridized carbons (Fsp3) is 0.679. The molecule has 0 aromatic carbocycles. The van der Waals surface area contributed by atoms with Gasteiger partial charge in [0.15, 0.2) is 6.10 Å². The summed E-state index contributed by atoms with van der Waals surface area (Å²) >= 11 is 0. The Morgan fingerprint density at radius 1 is 1.14 bits per heavy atom. The smallest absolute Gasteiger partial charge is 0.339 e.